The molecule has 0 bridgehead atoms. The fourth-order valence-electron chi connectivity index (χ4n) is 1.37. The molecule has 0 saturated heterocycles. The highest BCUT2D eigenvalue weighted by molar-refractivity contribution is 5.82. The molecule has 0 aliphatic carbocycles. The van der Waals surface area contributed by atoms with Crippen molar-refractivity contribution >= 4 is 5.78 Å². The third-order valence-electron chi connectivity index (χ3n) is 2.66. The molecule has 0 aliphatic rings. The predicted octanol–water partition coefficient (Wildman–Crippen LogP) is 2.46. The quantitative estimate of drug-likeness (QED) is 0.829. The number of nitrogens with one attached hydrogen (secondary N) is 1. The van der Waals surface area contributed by atoms with E-state index in [1.54, 1.807) is 0 Å². The first-order chi connectivity index (χ1) is 8.02. The molecular formula is C13H17F2NO. The molecule has 1 atom stereocenters. The van der Waals surface area contributed by atoms with Crippen molar-refractivity contribution in [3.63, 3.8) is 0 Å². The number of carbonyl (C=O) groups is 1. The summed E-state index contributed by atoms with van der Waals surface area (Å²) in [4.78, 5) is 11.5. The number of hydrogen-bond acceptors (Lipinski definition) is 2. The van der Waals surface area contributed by atoms with Gasteiger partial charge in [-0.15, -0.1) is 0 Å². The standard InChI is InChI=1S/C13H17F2NO/c1-3-9(2)16-8-12(17)6-10-4-5-11(14)7-13(10)15/h4-5,7,9,16H,3,6,8H2,1-2H3. The van der Waals surface area contributed by atoms with Crippen LogP contribution in [0.2, 0.25) is 0 Å². The van der Waals surface area contributed by atoms with Crippen LogP contribution in [0.1, 0.15) is 25.8 Å². The van der Waals surface area contributed by atoms with E-state index in [4.69, 9.17) is 0 Å². The number of rotatable bonds is 6. The highest BCUT2D eigenvalue weighted by Gasteiger charge is 2.09. The van der Waals surface area contributed by atoms with Crippen LogP contribution in [0, 0.1) is 11.6 Å². The van der Waals surface area contributed by atoms with E-state index in [0.717, 1.165) is 18.6 Å². The Morgan fingerprint density at radius 1 is 1.41 bits per heavy atom. The summed E-state index contributed by atoms with van der Waals surface area (Å²) in [6, 6.07) is 3.53. The number of benzene rings is 1. The molecule has 1 aromatic rings. The summed E-state index contributed by atoms with van der Waals surface area (Å²) in [7, 11) is 0. The SMILES string of the molecule is CCC(C)NCC(=O)Cc1ccc(F)cc1F. The Hall–Kier alpha value is -1.29. The number of ketones is 1. The lowest BCUT2D eigenvalue weighted by atomic mass is 10.1. The molecule has 1 N–H and O–H groups in total. The van der Waals surface area contributed by atoms with Crippen molar-refractivity contribution in [2.45, 2.75) is 32.7 Å². The van der Waals surface area contributed by atoms with Gasteiger partial charge in [0.2, 0.25) is 0 Å². The Morgan fingerprint density at radius 2 is 2.12 bits per heavy atom. The molecule has 0 aromatic heterocycles. The number of halogens is 2. The molecule has 94 valence electrons. The maximum absolute atomic E-state index is 13.3. The average molecular weight is 241 g/mol. The van der Waals surface area contributed by atoms with Crippen LogP contribution >= 0.6 is 0 Å². The average Bonchev–Trinajstić information content (AvgIpc) is 2.29. The summed E-state index contributed by atoms with van der Waals surface area (Å²) >= 11 is 0. The third kappa shape index (κ3) is 4.61. The Bertz CT molecular complexity index is 393. The van der Waals surface area contributed by atoms with Crippen molar-refractivity contribution in [2.24, 2.45) is 0 Å². The van der Waals surface area contributed by atoms with Crippen molar-refractivity contribution in [1.29, 1.82) is 0 Å². The van der Waals surface area contributed by atoms with E-state index >= 15 is 0 Å². The molecule has 0 aliphatic heterocycles. The largest absolute Gasteiger partial charge is 0.307 e. The predicted molar refractivity (Wildman–Crippen MR) is 62.8 cm³/mol. The highest BCUT2D eigenvalue weighted by atomic mass is 19.1. The van der Waals surface area contributed by atoms with Gasteiger partial charge in [0, 0.05) is 18.5 Å². The first kappa shape index (κ1) is 13.8. The monoisotopic (exact) mass is 241 g/mol. The van der Waals surface area contributed by atoms with Gasteiger partial charge in [-0.2, -0.15) is 0 Å². The Morgan fingerprint density at radius 3 is 2.71 bits per heavy atom. The van der Waals surface area contributed by atoms with Crippen LogP contribution in [-0.4, -0.2) is 18.4 Å². The zero-order valence-corrected chi connectivity index (χ0v) is 10.1. The van der Waals surface area contributed by atoms with E-state index in [9.17, 15) is 13.6 Å². The minimum atomic E-state index is -0.665. The van der Waals surface area contributed by atoms with Gasteiger partial charge in [0.15, 0.2) is 5.78 Å². The van der Waals surface area contributed by atoms with Crippen LogP contribution in [0.3, 0.4) is 0 Å². The van der Waals surface area contributed by atoms with Gasteiger partial charge in [-0.25, -0.2) is 8.78 Å². The summed E-state index contributed by atoms with van der Waals surface area (Å²) in [5.74, 6) is -1.39. The summed E-state index contributed by atoms with van der Waals surface area (Å²) in [6.45, 7) is 4.21. The topological polar surface area (TPSA) is 29.1 Å². The summed E-state index contributed by atoms with van der Waals surface area (Å²) in [6.07, 6.45) is 0.924. The molecule has 17 heavy (non-hydrogen) atoms. The van der Waals surface area contributed by atoms with Gasteiger partial charge in [0.05, 0.1) is 6.54 Å². The fraction of sp³-hybridized carbons (Fsp3) is 0.462. The lowest BCUT2D eigenvalue weighted by molar-refractivity contribution is -0.117. The summed E-state index contributed by atoms with van der Waals surface area (Å²) in [5.41, 5.74) is 0.238. The lowest BCUT2D eigenvalue weighted by Gasteiger charge is -2.10. The second kappa shape index (κ2) is 6.45. The van der Waals surface area contributed by atoms with Crippen LogP contribution < -0.4 is 5.32 Å². The molecule has 1 rings (SSSR count). The Kier molecular flexibility index (Phi) is 5.22. The second-order valence-corrected chi connectivity index (χ2v) is 4.14. The molecule has 0 saturated carbocycles. The molecule has 0 heterocycles. The van der Waals surface area contributed by atoms with Gasteiger partial charge in [0.1, 0.15) is 11.6 Å². The van der Waals surface area contributed by atoms with Crippen LogP contribution in [0.4, 0.5) is 8.78 Å². The summed E-state index contributed by atoms with van der Waals surface area (Å²) in [5, 5.41) is 3.04. The van der Waals surface area contributed by atoms with Crippen LogP contribution in [0.5, 0.6) is 0 Å². The van der Waals surface area contributed by atoms with E-state index < -0.39 is 11.6 Å². The molecule has 0 radical (unpaired) electrons. The van der Waals surface area contributed by atoms with Crippen LogP contribution in [0.15, 0.2) is 18.2 Å². The zero-order chi connectivity index (χ0) is 12.8. The van der Waals surface area contributed by atoms with Gasteiger partial charge in [-0.05, 0) is 25.0 Å². The molecule has 2 nitrogen and oxygen atoms in total. The van der Waals surface area contributed by atoms with Gasteiger partial charge >= 0.3 is 0 Å². The minimum Gasteiger partial charge on any atom is -0.307 e. The first-order valence-electron chi connectivity index (χ1n) is 5.72. The van der Waals surface area contributed by atoms with Crippen molar-refractivity contribution in [2.75, 3.05) is 6.54 Å². The number of Topliss-reactive ketones (excluding diaryl/α,β-unsaturated/α-hetero) is 1. The van der Waals surface area contributed by atoms with Crippen molar-refractivity contribution < 1.29 is 13.6 Å². The molecule has 0 fully saturated rings. The highest BCUT2D eigenvalue weighted by Crippen LogP contribution is 2.10. The van der Waals surface area contributed by atoms with Crippen molar-refractivity contribution in [3.05, 3.63) is 35.4 Å². The molecule has 0 spiro atoms. The lowest BCUT2D eigenvalue weighted by Crippen LogP contribution is -2.31. The van der Waals surface area contributed by atoms with Gasteiger partial charge < -0.3 is 5.32 Å². The minimum absolute atomic E-state index is 0.00442. The zero-order valence-electron chi connectivity index (χ0n) is 10.1. The number of carbonyl (C=O) groups excluding carboxylic acids is 1. The van der Waals surface area contributed by atoms with Gasteiger partial charge in [-0.1, -0.05) is 13.0 Å². The Balaban J connectivity index is 2.50. The van der Waals surface area contributed by atoms with E-state index in [1.165, 1.54) is 6.07 Å². The van der Waals surface area contributed by atoms with E-state index in [0.29, 0.717) is 0 Å². The van der Waals surface area contributed by atoms with Crippen LogP contribution in [-0.2, 0) is 11.2 Å². The second-order valence-electron chi connectivity index (χ2n) is 4.14. The fourth-order valence-corrected chi connectivity index (χ4v) is 1.37. The molecule has 4 heteroatoms. The molecule has 1 unspecified atom stereocenters. The molecular weight excluding hydrogens is 224 g/mol. The van der Waals surface area contributed by atoms with Gasteiger partial charge in [0.25, 0.3) is 0 Å². The van der Waals surface area contributed by atoms with Crippen molar-refractivity contribution in [1.82, 2.24) is 5.32 Å². The smallest absolute Gasteiger partial charge is 0.151 e. The third-order valence-corrected chi connectivity index (χ3v) is 2.66. The molecule has 0 amide bonds. The van der Waals surface area contributed by atoms with Crippen molar-refractivity contribution in [3.8, 4) is 0 Å². The Labute approximate surface area is 100 Å². The van der Waals surface area contributed by atoms with E-state index in [1.807, 2.05) is 13.8 Å². The summed E-state index contributed by atoms with van der Waals surface area (Å²) < 4.78 is 25.9. The van der Waals surface area contributed by atoms with E-state index in [2.05, 4.69) is 5.32 Å². The normalized spacial score (nSPS) is 12.5. The first-order valence-corrected chi connectivity index (χ1v) is 5.72. The van der Waals surface area contributed by atoms with Gasteiger partial charge in [-0.3, -0.25) is 4.79 Å². The number of hydrogen-bond donors (Lipinski definition) is 1. The van der Waals surface area contributed by atoms with E-state index in [-0.39, 0.29) is 30.4 Å². The van der Waals surface area contributed by atoms with Crippen LogP contribution in [0.25, 0.3) is 0 Å². The molecule has 1 aromatic carbocycles. The maximum atomic E-state index is 13.3. The maximum Gasteiger partial charge on any atom is 0.151 e.